The Bertz CT molecular complexity index is 403. The van der Waals surface area contributed by atoms with E-state index in [1.807, 2.05) is 0 Å². The average molecular weight is 269 g/mol. The van der Waals surface area contributed by atoms with Gasteiger partial charge in [-0.3, -0.25) is 0 Å². The highest BCUT2D eigenvalue weighted by Gasteiger charge is 2.28. The van der Waals surface area contributed by atoms with Gasteiger partial charge in [0.05, 0.1) is 6.61 Å². The maximum absolute atomic E-state index is 13.5. The third-order valence-corrected chi connectivity index (χ3v) is 2.37. The van der Waals surface area contributed by atoms with E-state index in [4.69, 9.17) is 5.11 Å². The highest BCUT2D eigenvalue weighted by Crippen LogP contribution is 2.30. The number of aliphatic hydroxyl groups is 1. The first-order valence-electron chi connectivity index (χ1n) is 5.32. The summed E-state index contributed by atoms with van der Waals surface area (Å²) in [6.45, 7) is 1.07. The summed E-state index contributed by atoms with van der Waals surface area (Å²) in [4.78, 5) is 0.927. The molecule has 18 heavy (non-hydrogen) atoms. The second kappa shape index (κ2) is 5.99. The summed E-state index contributed by atoms with van der Waals surface area (Å²) in [7, 11) is 0. The topological polar surface area (TPSA) is 23.5 Å². The zero-order chi connectivity index (χ0) is 13.9. The monoisotopic (exact) mass is 269 g/mol. The molecular formula is C11H12F5NO. The van der Waals surface area contributed by atoms with Gasteiger partial charge in [-0.1, -0.05) is 6.92 Å². The van der Waals surface area contributed by atoms with Gasteiger partial charge in [-0.05, 0) is 6.42 Å². The molecule has 0 bridgehead atoms. The van der Waals surface area contributed by atoms with Crippen LogP contribution in [0.15, 0.2) is 0 Å². The summed E-state index contributed by atoms with van der Waals surface area (Å²) in [5.74, 6) is -9.92. The van der Waals surface area contributed by atoms with Crippen LogP contribution >= 0.6 is 0 Å². The molecule has 1 aromatic rings. The van der Waals surface area contributed by atoms with Crippen LogP contribution in [0.5, 0.6) is 0 Å². The van der Waals surface area contributed by atoms with Crippen molar-refractivity contribution in [3.8, 4) is 0 Å². The Kier molecular flexibility index (Phi) is 4.89. The van der Waals surface area contributed by atoms with Gasteiger partial charge in [-0.25, -0.2) is 22.0 Å². The second-order valence-corrected chi connectivity index (χ2v) is 3.63. The van der Waals surface area contributed by atoms with Crippen LogP contribution in [0.1, 0.15) is 13.3 Å². The lowest BCUT2D eigenvalue weighted by atomic mass is 10.2. The molecule has 2 nitrogen and oxygen atoms in total. The van der Waals surface area contributed by atoms with Crippen LogP contribution in [-0.2, 0) is 0 Å². The number of hydrogen-bond acceptors (Lipinski definition) is 2. The molecule has 1 aromatic carbocycles. The molecule has 0 amide bonds. The molecule has 1 N–H and O–H groups in total. The third kappa shape index (κ3) is 2.55. The van der Waals surface area contributed by atoms with Crippen LogP contribution in [0.3, 0.4) is 0 Å². The Morgan fingerprint density at radius 2 is 1.28 bits per heavy atom. The van der Waals surface area contributed by atoms with E-state index in [2.05, 4.69) is 0 Å². The Labute approximate surface area is 101 Å². The molecule has 1 rings (SSSR count). The fraction of sp³-hybridized carbons (Fsp3) is 0.455. The summed E-state index contributed by atoms with van der Waals surface area (Å²) < 4.78 is 65.7. The van der Waals surface area contributed by atoms with E-state index in [0.29, 0.717) is 6.42 Å². The van der Waals surface area contributed by atoms with Crippen LogP contribution in [0.2, 0.25) is 0 Å². The van der Waals surface area contributed by atoms with E-state index in [0.717, 1.165) is 4.90 Å². The number of benzene rings is 1. The van der Waals surface area contributed by atoms with Crippen molar-refractivity contribution >= 4 is 5.69 Å². The Hall–Kier alpha value is -1.37. The van der Waals surface area contributed by atoms with Crippen LogP contribution in [0.4, 0.5) is 27.6 Å². The molecular weight excluding hydrogens is 257 g/mol. The van der Waals surface area contributed by atoms with Gasteiger partial charge in [0.1, 0.15) is 5.69 Å². The standard InChI is InChI=1S/C11H12F5NO/c1-2-3-17(4-5-18)11-9(15)7(13)6(12)8(14)10(11)16/h18H,2-5H2,1H3. The van der Waals surface area contributed by atoms with Crippen LogP contribution in [-0.4, -0.2) is 24.8 Å². The van der Waals surface area contributed by atoms with Crippen molar-refractivity contribution in [1.29, 1.82) is 0 Å². The lowest BCUT2D eigenvalue weighted by Gasteiger charge is -2.24. The largest absolute Gasteiger partial charge is 0.395 e. The number of hydrogen-bond donors (Lipinski definition) is 1. The van der Waals surface area contributed by atoms with Gasteiger partial charge >= 0.3 is 0 Å². The van der Waals surface area contributed by atoms with Gasteiger partial charge in [0.25, 0.3) is 0 Å². The van der Waals surface area contributed by atoms with E-state index in [1.54, 1.807) is 6.92 Å². The van der Waals surface area contributed by atoms with Crippen molar-refractivity contribution in [2.75, 3.05) is 24.6 Å². The summed E-state index contributed by atoms with van der Waals surface area (Å²) in [5, 5.41) is 8.75. The Morgan fingerprint density at radius 3 is 1.67 bits per heavy atom. The lowest BCUT2D eigenvalue weighted by Crippen LogP contribution is -2.30. The molecule has 0 radical (unpaired) electrons. The van der Waals surface area contributed by atoms with Crippen LogP contribution in [0.25, 0.3) is 0 Å². The Balaban J connectivity index is 3.37. The first kappa shape index (κ1) is 14.7. The number of nitrogens with zero attached hydrogens (tertiary/aromatic N) is 1. The fourth-order valence-corrected chi connectivity index (χ4v) is 1.60. The number of rotatable bonds is 5. The molecule has 0 atom stereocenters. The van der Waals surface area contributed by atoms with E-state index in [1.165, 1.54) is 0 Å². The van der Waals surface area contributed by atoms with Crippen LogP contribution < -0.4 is 4.90 Å². The van der Waals surface area contributed by atoms with Crippen molar-refractivity contribution in [3.63, 3.8) is 0 Å². The molecule has 0 aliphatic heterocycles. The summed E-state index contributed by atoms with van der Waals surface area (Å²) >= 11 is 0. The number of aliphatic hydroxyl groups excluding tert-OH is 1. The van der Waals surface area contributed by atoms with Gasteiger partial charge in [-0.15, -0.1) is 0 Å². The molecule has 102 valence electrons. The SMILES string of the molecule is CCCN(CCO)c1c(F)c(F)c(F)c(F)c1F. The van der Waals surface area contributed by atoms with E-state index >= 15 is 0 Å². The maximum atomic E-state index is 13.5. The lowest BCUT2D eigenvalue weighted by molar-refractivity contribution is 0.299. The summed E-state index contributed by atoms with van der Waals surface area (Å²) in [6, 6.07) is 0. The minimum Gasteiger partial charge on any atom is -0.395 e. The van der Waals surface area contributed by atoms with Gasteiger partial charge in [-0.2, -0.15) is 0 Å². The number of halogens is 5. The first-order chi connectivity index (χ1) is 8.45. The molecule has 0 aromatic heterocycles. The first-order valence-corrected chi connectivity index (χ1v) is 5.32. The predicted molar refractivity (Wildman–Crippen MR) is 55.8 cm³/mol. The number of anilines is 1. The van der Waals surface area contributed by atoms with E-state index in [-0.39, 0.29) is 13.1 Å². The van der Waals surface area contributed by atoms with Gasteiger partial charge in [0.2, 0.25) is 5.82 Å². The minimum absolute atomic E-state index is 0.0684. The van der Waals surface area contributed by atoms with E-state index in [9.17, 15) is 22.0 Å². The normalized spacial score (nSPS) is 10.8. The van der Waals surface area contributed by atoms with Crippen molar-refractivity contribution in [1.82, 2.24) is 0 Å². The molecule has 0 saturated heterocycles. The smallest absolute Gasteiger partial charge is 0.200 e. The zero-order valence-corrected chi connectivity index (χ0v) is 9.61. The molecule has 0 unspecified atom stereocenters. The Morgan fingerprint density at radius 1 is 0.833 bits per heavy atom. The quantitative estimate of drug-likeness (QED) is 0.504. The molecule has 0 fully saturated rings. The van der Waals surface area contributed by atoms with Crippen molar-refractivity contribution < 1.29 is 27.1 Å². The van der Waals surface area contributed by atoms with E-state index < -0.39 is 41.4 Å². The molecule has 0 aliphatic rings. The van der Waals surface area contributed by atoms with Gasteiger partial charge in [0, 0.05) is 13.1 Å². The third-order valence-electron chi connectivity index (χ3n) is 2.37. The predicted octanol–water partition coefficient (Wildman–Crippen LogP) is 2.59. The fourth-order valence-electron chi connectivity index (χ4n) is 1.60. The molecule has 0 aliphatic carbocycles. The maximum Gasteiger partial charge on any atom is 0.200 e. The highest BCUT2D eigenvalue weighted by atomic mass is 19.2. The molecule has 0 spiro atoms. The van der Waals surface area contributed by atoms with Crippen molar-refractivity contribution in [2.45, 2.75) is 13.3 Å². The molecule has 7 heteroatoms. The van der Waals surface area contributed by atoms with Gasteiger partial charge in [0.15, 0.2) is 23.3 Å². The van der Waals surface area contributed by atoms with Crippen molar-refractivity contribution in [3.05, 3.63) is 29.1 Å². The van der Waals surface area contributed by atoms with Gasteiger partial charge < -0.3 is 10.0 Å². The summed E-state index contributed by atoms with van der Waals surface area (Å²) in [6.07, 6.45) is 0.430. The average Bonchev–Trinajstić information content (AvgIpc) is 2.35. The minimum atomic E-state index is -2.19. The highest BCUT2D eigenvalue weighted by molar-refractivity contribution is 5.50. The zero-order valence-electron chi connectivity index (χ0n) is 9.61. The molecule has 0 heterocycles. The van der Waals surface area contributed by atoms with Crippen molar-refractivity contribution in [2.24, 2.45) is 0 Å². The van der Waals surface area contributed by atoms with Crippen LogP contribution in [0, 0.1) is 29.1 Å². The molecule has 0 saturated carbocycles. The second-order valence-electron chi connectivity index (χ2n) is 3.63. The summed E-state index contributed by atoms with van der Waals surface area (Å²) in [5.41, 5.74) is -0.998.